The molecule has 1 saturated carbocycles. The van der Waals surface area contributed by atoms with Gasteiger partial charge in [-0.15, -0.1) is 0 Å². The first-order valence-corrected chi connectivity index (χ1v) is 9.51. The molecule has 0 amide bonds. The molecule has 2 heterocycles. The molecule has 1 N–H and O–H groups in total. The fourth-order valence-electron chi connectivity index (χ4n) is 4.66. The number of aryl methyl sites for hydroxylation is 1. The second kappa shape index (κ2) is 7.54. The summed E-state index contributed by atoms with van der Waals surface area (Å²) in [5.74, 6) is 0.640. The van der Waals surface area contributed by atoms with Crippen molar-refractivity contribution in [2.75, 3.05) is 27.2 Å². The van der Waals surface area contributed by atoms with E-state index in [1.54, 1.807) is 0 Å². The predicted octanol–water partition coefficient (Wildman–Crippen LogP) is 2.74. The number of hydrogen-bond donors (Lipinski definition) is 1. The van der Waals surface area contributed by atoms with Gasteiger partial charge in [0.15, 0.2) is 0 Å². The highest BCUT2D eigenvalue weighted by molar-refractivity contribution is 5.10. The van der Waals surface area contributed by atoms with E-state index in [4.69, 9.17) is 4.74 Å². The Balaban J connectivity index is 1.59. The third-order valence-electron chi connectivity index (χ3n) is 6.27. The lowest BCUT2D eigenvalue weighted by Gasteiger charge is -2.43. The van der Waals surface area contributed by atoms with E-state index >= 15 is 0 Å². The highest BCUT2D eigenvalue weighted by Gasteiger charge is 2.38. The summed E-state index contributed by atoms with van der Waals surface area (Å²) in [4.78, 5) is 2.50. The van der Waals surface area contributed by atoms with Crippen LogP contribution in [0.4, 0.5) is 0 Å². The minimum atomic E-state index is 0.150. The average Bonchev–Trinajstić information content (AvgIpc) is 2.94. The van der Waals surface area contributed by atoms with Crippen LogP contribution >= 0.6 is 0 Å². The van der Waals surface area contributed by atoms with Crippen molar-refractivity contribution < 1.29 is 4.74 Å². The predicted molar refractivity (Wildman–Crippen MR) is 97.0 cm³/mol. The molecule has 3 rings (SSSR count). The van der Waals surface area contributed by atoms with E-state index in [0.717, 1.165) is 13.0 Å². The molecule has 24 heavy (non-hydrogen) atoms. The third kappa shape index (κ3) is 3.68. The van der Waals surface area contributed by atoms with Crippen LogP contribution in [0.5, 0.6) is 0 Å². The van der Waals surface area contributed by atoms with Crippen LogP contribution < -0.4 is 5.32 Å². The van der Waals surface area contributed by atoms with Crippen LogP contribution in [0.1, 0.15) is 57.2 Å². The Labute approximate surface area is 146 Å². The molecule has 0 radical (unpaired) electrons. The quantitative estimate of drug-likeness (QED) is 0.832. The van der Waals surface area contributed by atoms with Gasteiger partial charge >= 0.3 is 0 Å². The Hall–Kier alpha value is -0.910. The summed E-state index contributed by atoms with van der Waals surface area (Å²) in [5, 5.41) is 8.19. The van der Waals surface area contributed by atoms with Crippen LogP contribution in [0, 0.1) is 5.92 Å². The van der Waals surface area contributed by atoms with Gasteiger partial charge in [0.25, 0.3) is 0 Å². The van der Waals surface area contributed by atoms with Crippen molar-refractivity contribution in [3.8, 4) is 0 Å². The molecule has 0 spiro atoms. The van der Waals surface area contributed by atoms with Gasteiger partial charge in [-0.25, -0.2) is 0 Å². The number of aromatic nitrogens is 2. The average molecular weight is 335 g/mol. The van der Waals surface area contributed by atoms with E-state index in [2.05, 4.69) is 42.4 Å². The number of methoxy groups -OCH3 is 1. The van der Waals surface area contributed by atoms with E-state index in [1.165, 1.54) is 44.3 Å². The van der Waals surface area contributed by atoms with Crippen molar-refractivity contribution in [2.45, 2.75) is 63.1 Å². The van der Waals surface area contributed by atoms with Crippen LogP contribution in [0.3, 0.4) is 0 Å². The molecule has 3 atom stereocenters. The summed E-state index contributed by atoms with van der Waals surface area (Å²) in [7, 11) is 6.19. The highest BCUT2D eigenvalue weighted by Crippen LogP contribution is 2.39. The summed E-state index contributed by atoms with van der Waals surface area (Å²) in [6.45, 7) is 4.56. The smallest absolute Gasteiger partial charge is 0.0693 e. The van der Waals surface area contributed by atoms with E-state index in [0.29, 0.717) is 18.0 Å². The van der Waals surface area contributed by atoms with Crippen molar-refractivity contribution in [2.24, 2.45) is 13.0 Å². The maximum atomic E-state index is 5.79. The molecule has 1 aliphatic carbocycles. The van der Waals surface area contributed by atoms with Crippen molar-refractivity contribution in [3.05, 3.63) is 18.0 Å². The van der Waals surface area contributed by atoms with E-state index in [-0.39, 0.29) is 5.60 Å². The van der Waals surface area contributed by atoms with Crippen LogP contribution in [0.2, 0.25) is 0 Å². The van der Waals surface area contributed by atoms with Gasteiger partial charge in [0, 0.05) is 32.9 Å². The molecule has 1 aromatic rings. The minimum Gasteiger partial charge on any atom is -0.378 e. The summed E-state index contributed by atoms with van der Waals surface area (Å²) in [6, 6.07) is 3.15. The van der Waals surface area contributed by atoms with Crippen LogP contribution in [0.15, 0.2) is 12.3 Å². The number of hydrogen-bond acceptors (Lipinski definition) is 4. The Morgan fingerprint density at radius 3 is 2.75 bits per heavy atom. The Bertz CT molecular complexity index is 520. The lowest BCUT2D eigenvalue weighted by molar-refractivity contribution is -0.0827. The third-order valence-corrected chi connectivity index (χ3v) is 6.27. The molecule has 2 fully saturated rings. The maximum Gasteiger partial charge on any atom is 0.0693 e. The molecule has 0 bridgehead atoms. The summed E-state index contributed by atoms with van der Waals surface area (Å²) in [6.07, 6.45) is 9.38. The summed E-state index contributed by atoms with van der Waals surface area (Å²) >= 11 is 0. The van der Waals surface area contributed by atoms with Gasteiger partial charge in [0.05, 0.1) is 17.3 Å². The Kier molecular flexibility index (Phi) is 5.63. The molecule has 2 aliphatic rings. The SMILES string of the molecule is COC1(C[C@@H](C)NC[C@@H]2CCCN(C)[C@H]2c2ccnn2C)CCC1. The van der Waals surface area contributed by atoms with E-state index in [1.807, 2.05) is 18.0 Å². The van der Waals surface area contributed by atoms with E-state index in [9.17, 15) is 0 Å². The van der Waals surface area contributed by atoms with Crippen molar-refractivity contribution in [1.82, 2.24) is 20.0 Å². The topological polar surface area (TPSA) is 42.3 Å². The zero-order valence-electron chi connectivity index (χ0n) is 15.8. The molecule has 1 aliphatic heterocycles. The molecule has 1 saturated heterocycles. The number of likely N-dealkylation sites (tertiary alicyclic amines) is 1. The minimum absolute atomic E-state index is 0.150. The van der Waals surface area contributed by atoms with Gasteiger partial charge < -0.3 is 10.1 Å². The van der Waals surface area contributed by atoms with Gasteiger partial charge in [-0.2, -0.15) is 5.10 Å². The normalized spacial score (nSPS) is 28.5. The highest BCUT2D eigenvalue weighted by atomic mass is 16.5. The second-order valence-electron chi connectivity index (χ2n) is 7.96. The van der Waals surface area contributed by atoms with Crippen LogP contribution in [-0.4, -0.2) is 53.6 Å². The Morgan fingerprint density at radius 2 is 2.17 bits per heavy atom. The molecule has 5 heteroatoms. The zero-order chi connectivity index (χ0) is 17.2. The first-order chi connectivity index (χ1) is 11.5. The zero-order valence-corrected chi connectivity index (χ0v) is 15.8. The summed E-state index contributed by atoms with van der Waals surface area (Å²) < 4.78 is 7.83. The van der Waals surface area contributed by atoms with E-state index < -0.39 is 0 Å². The fraction of sp³-hybridized carbons (Fsp3) is 0.842. The monoisotopic (exact) mass is 334 g/mol. The van der Waals surface area contributed by atoms with Gasteiger partial charge in [0.2, 0.25) is 0 Å². The fourth-order valence-corrected chi connectivity index (χ4v) is 4.66. The van der Waals surface area contributed by atoms with Crippen LogP contribution in [0.25, 0.3) is 0 Å². The maximum absolute atomic E-state index is 5.79. The van der Waals surface area contributed by atoms with Gasteiger partial charge in [-0.1, -0.05) is 0 Å². The van der Waals surface area contributed by atoms with Crippen molar-refractivity contribution >= 4 is 0 Å². The van der Waals surface area contributed by atoms with Crippen LogP contribution in [-0.2, 0) is 11.8 Å². The molecule has 1 aromatic heterocycles. The molecule has 0 unspecified atom stereocenters. The molecule has 136 valence electrons. The first kappa shape index (κ1) is 17.9. The largest absolute Gasteiger partial charge is 0.378 e. The van der Waals surface area contributed by atoms with Gasteiger partial charge in [0.1, 0.15) is 0 Å². The number of nitrogens with zero attached hydrogens (tertiary/aromatic N) is 3. The Morgan fingerprint density at radius 1 is 1.38 bits per heavy atom. The standard InChI is InChI=1S/C19H34N4O/c1-15(13-19(24-4)9-6-10-19)20-14-16-7-5-12-22(2)18(16)17-8-11-21-23(17)3/h8,11,15-16,18,20H,5-7,9-10,12-14H2,1-4H3/t15-,16+,18-/m1/s1. The first-order valence-electron chi connectivity index (χ1n) is 9.51. The van der Waals surface area contributed by atoms with Gasteiger partial charge in [-0.05, 0) is 71.0 Å². The molecular weight excluding hydrogens is 300 g/mol. The lowest BCUT2D eigenvalue weighted by Crippen LogP contribution is -2.47. The molecular formula is C19H34N4O. The number of nitrogens with one attached hydrogen (secondary N) is 1. The lowest BCUT2D eigenvalue weighted by atomic mass is 9.76. The second-order valence-corrected chi connectivity index (χ2v) is 7.96. The number of ether oxygens (including phenoxy) is 1. The van der Waals surface area contributed by atoms with Crippen molar-refractivity contribution in [3.63, 3.8) is 0 Å². The van der Waals surface area contributed by atoms with Gasteiger partial charge in [-0.3, -0.25) is 9.58 Å². The number of rotatable bonds is 7. The van der Waals surface area contributed by atoms with Crippen molar-refractivity contribution in [1.29, 1.82) is 0 Å². The molecule has 5 nitrogen and oxygen atoms in total. The summed E-state index contributed by atoms with van der Waals surface area (Å²) in [5.41, 5.74) is 1.49. The number of piperidine rings is 1. The molecule has 0 aromatic carbocycles.